The number of hydrogen-bond donors (Lipinski definition) is 1. The molecule has 0 bridgehead atoms. The van der Waals surface area contributed by atoms with Crippen LogP contribution in [0.5, 0.6) is 0 Å². The quantitative estimate of drug-likeness (QED) is 0.541. The van der Waals surface area contributed by atoms with E-state index in [4.69, 9.17) is 23.2 Å². The van der Waals surface area contributed by atoms with Crippen molar-refractivity contribution < 1.29 is 9.59 Å². The molecule has 0 aliphatic carbocycles. The number of carbonyl (C=O) groups is 2. The molecule has 2 rings (SSSR count). The molecular weight excluding hydrogens is 483 g/mol. The number of thioether (sulfide) groups is 1. The maximum Gasteiger partial charge on any atom is 0.242 e. The van der Waals surface area contributed by atoms with E-state index in [-0.39, 0.29) is 17.6 Å². The minimum absolute atomic E-state index is 0.118. The Balaban J connectivity index is 2.07. The Morgan fingerprint density at radius 2 is 1.75 bits per heavy atom. The summed E-state index contributed by atoms with van der Waals surface area (Å²) in [6.07, 6.45) is 0. The van der Waals surface area contributed by atoms with Gasteiger partial charge >= 0.3 is 0 Å². The molecule has 150 valence electrons. The van der Waals surface area contributed by atoms with Crippen LogP contribution in [0.15, 0.2) is 46.9 Å². The number of rotatable bonds is 8. The lowest BCUT2D eigenvalue weighted by Gasteiger charge is -2.28. The molecule has 0 fully saturated rings. The molecule has 28 heavy (non-hydrogen) atoms. The van der Waals surface area contributed by atoms with Crippen LogP contribution in [-0.2, 0) is 21.9 Å². The van der Waals surface area contributed by atoms with Crippen molar-refractivity contribution in [2.75, 3.05) is 12.8 Å². The van der Waals surface area contributed by atoms with Crippen LogP contribution in [0.2, 0.25) is 10.0 Å². The predicted octanol–water partition coefficient (Wildman–Crippen LogP) is 5.15. The molecule has 2 amide bonds. The summed E-state index contributed by atoms with van der Waals surface area (Å²) in [4.78, 5) is 26.6. The normalized spacial score (nSPS) is 11.8. The lowest BCUT2D eigenvalue weighted by Crippen LogP contribution is -2.47. The second-order valence-electron chi connectivity index (χ2n) is 6.13. The third kappa shape index (κ3) is 6.41. The fourth-order valence-corrected chi connectivity index (χ4v) is 4.48. The van der Waals surface area contributed by atoms with Gasteiger partial charge in [0.25, 0.3) is 0 Å². The van der Waals surface area contributed by atoms with Crippen LogP contribution >= 0.6 is 50.9 Å². The SMILES string of the molecule is CNC(=O)[C@H](C)N(Cc1ccc(Br)cc1)C(=O)CSCc1c(Cl)cccc1Cl. The molecule has 0 aromatic heterocycles. The minimum Gasteiger partial charge on any atom is -0.357 e. The Hall–Kier alpha value is -1.21. The number of hydrogen-bond acceptors (Lipinski definition) is 3. The molecule has 0 aliphatic rings. The van der Waals surface area contributed by atoms with Crippen LogP contribution in [0, 0.1) is 0 Å². The summed E-state index contributed by atoms with van der Waals surface area (Å²) >= 11 is 17.2. The zero-order valence-electron chi connectivity index (χ0n) is 15.5. The molecule has 4 nitrogen and oxygen atoms in total. The van der Waals surface area contributed by atoms with Gasteiger partial charge in [0.15, 0.2) is 0 Å². The largest absolute Gasteiger partial charge is 0.357 e. The van der Waals surface area contributed by atoms with E-state index < -0.39 is 6.04 Å². The Bertz CT molecular complexity index is 813. The highest BCUT2D eigenvalue weighted by atomic mass is 79.9. The van der Waals surface area contributed by atoms with Gasteiger partial charge in [0.1, 0.15) is 6.04 Å². The average Bonchev–Trinajstić information content (AvgIpc) is 2.68. The van der Waals surface area contributed by atoms with Crippen molar-refractivity contribution in [3.05, 3.63) is 68.1 Å². The van der Waals surface area contributed by atoms with Gasteiger partial charge in [-0.3, -0.25) is 9.59 Å². The molecule has 0 aliphatic heterocycles. The van der Waals surface area contributed by atoms with E-state index in [9.17, 15) is 9.59 Å². The summed E-state index contributed by atoms with van der Waals surface area (Å²) in [5, 5.41) is 3.77. The molecule has 0 unspecified atom stereocenters. The highest BCUT2D eigenvalue weighted by Crippen LogP contribution is 2.28. The molecule has 2 aromatic rings. The van der Waals surface area contributed by atoms with E-state index in [2.05, 4.69) is 21.2 Å². The lowest BCUT2D eigenvalue weighted by atomic mass is 10.1. The number of amides is 2. The Kier molecular flexibility index (Phi) is 9.15. The van der Waals surface area contributed by atoms with Gasteiger partial charge in [-0.05, 0) is 42.3 Å². The molecule has 0 saturated carbocycles. The van der Waals surface area contributed by atoms with E-state index >= 15 is 0 Å². The van der Waals surface area contributed by atoms with Gasteiger partial charge in [0.05, 0.1) is 5.75 Å². The Morgan fingerprint density at radius 3 is 2.32 bits per heavy atom. The highest BCUT2D eigenvalue weighted by molar-refractivity contribution is 9.10. The van der Waals surface area contributed by atoms with Crippen LogP contribution < -0.4 is 5.32 Å². The zero-order chi connectivity index (χ0) is 20.7. The number of carbonyl (C=O) groups excluding carboxylic acids is 2. The third-order valence-electron chi connectivity index (χ3n) is 4.21. The van der Waals surface area contributed by atoms with Gasteiger partial charge in [0.2, 0.25) is 11.8 Å². The fourth-order valence-electron chi connectivity index (χ4n) is 2.57. The van der Waals surface area contributed by atoms with E-state index in [0.29, 0.717) is 22.3 Å². The van der Waals surface area contributed by atoms with Gasteiger partial charge < -0.3 is 10.2 Å². The van der Waals surface area contributed by atoms with Crippen molar-refractivity contribution in [1.82, 2.24) is 10.2 Å². The molecule has 0 saturated heterocycles. The molecule has 8 heteroatoms. The molecule has 0 heterocycles. The standard InChI is InChI=1S/C20H21BrCl2N2O2S/c1-13(20(27)24-2)25(10-14-6-8-15(21)9-7-14)19(26)12-28-11-16-17(22)4-3-5-18(16)23/h3-9,13H,10-12H2,1-2H3,(H,24,27)/t13-/m0/s1. The van der Waals surface area contributed by atoms with Crippen molar-refractivity contribution in [2.45, 2.75) is 25.3 Å². The van der Waals surface area contributed by atoms with Gasteiger partial charge in [-0.1, -0.05) is 57.3 Å². The zero-order valence-corrected chi connectivity index (χ0v) is 19.5. The van der Waals surface area contributed by atoms with E-state index in [1.807, 2.05) is 24.3 Å². The summed E-state index contributed by atoms with van der Waals surface area (Å²) in [5.41, 5.74) is 1.76. The van der Waals surface area contributed by atoms with E-state index in [1.165, 1.54) is 11.8 Å². The first-order valence-corrected chi connectivity index (χ1v) is 11.3. The Morgan fingerprint density at radius 1 is 1.14 bits per heavy atom. The van der Waals surface area contributed by atoms with E-state index in [1.54, 1.807) is 37.1 Å². The number of nitrogens with one attached hydrogen (secondary N) is 1. The van der Waals surface area contributed by atoms with Crippen LogP contribution in [0.25, 0.3) is 0 Å². The number of benzene rings is 2. The van der Waals surface area contributed by atoms with Crippen LogP contribution in [0.4, 0.5) is 0 Å². The van der Waals surface area contributed by atoms with Crippen LogP contribution in [-0.4, -0.2) is 35.6 Å². The van der Waals surface area contributed by atoms with Crippen molar-refractivity contribution in [3.63, 3.8) is 0 Å². The topological polar surface area (TPSA) is 49.4 Å². The summed E-state index contributed by atoms with van der Waals surface area (Å²) < 4.78 is 0.959. The second kappa shape index (κ2) is 11.1. The maximum atomic E-state index is 12.9. The average molecular weight is 504 g/mol. The van der Waals surface area contributed by atoms with E-state index in [0.717, 1.165) is 15.6 Å². The van der Waals surface area contributed by atoms with Crippen molar-refractivity contribution in [1.29, 1.82) is 0 Å². The van der Waals surface area contributed by atoms with Gasteiger partial charge in [-0.2, -0.15) is 0 Å². The monoisotopic (exact) mass is 502 g/mol. The van der Waals surface area contributed by atoms with Crippen molar-refractivity contribution >= 4 is 62.7 Å². The molecule has 0 radical (unpaired) electrons. The van der Waals surface area contributed by atoms with Crippen LogP contribution in [0.3, 0.4) is 0 Å². The number of nitrogens with zero attached hydrogens (tertiary/aromatic N) is 1. The first-order chi connectivity index (χ1) is 13.3. The highest BCUT2D eigenvalue weighted by Gasteiger charge is 2.25. The molecular formula is C20H21BrCl2N2O2S. The Labute approximate surface area is 188 Å². The smallest absolute Gasteiger partial charge is 0.242 e. The molecule has 1 atom stereocenters. The van der Waals surface area contributed by atoms with Gasteiger partial charge in [-0.25, -0.2) is 0 Å². The summed E-state index contributed by atoms with van der Waals surface area (Å²) in [7, 11) is 1.56. The second-order valence-corrected chi connectivity index (χ2v) is 8.85. The van der Waals surface area contributed by atoms with Gasteiger partial charge in [0, 0.05) is 33.9 Å². The predicted molar refractivity (Wildman–Crippen MR) is 121 cm³/mol. The van der Waals surface area contributed by atoms with Gasteiger partial charge in [-0.15, -0.1) is 11.8 Å². The summed E-state index contributed by atoms with van der Waals surface area (Å²) in [6, 6.07) is 12.4. The molecule has 2 aromatic carbocycles. The first-order valence-electron chi connectivity index (χ1n) is 8.59. The fraction of sp³-hybridized carbons (Fsp3) is 0.300. The van der Waals surface area contributed by atoms with Crippen LogP contribution in [0.1, 0.15) is 18.1 Å². The number of likely N-dealkylation sites (N-methyl/N-ethyl adjacent to an activating group) is 1. The first kappa shape index (κ1) is 23.1. The van der Waals surface area contributed by atoms with Crippen molar-refractivity contribution in [2.24, 2.45) is 0 Å². The van der Waals surface area contributed by atoms with Crippen molar-refractivity contribution in [3.8, 4) is 0 Å². The molecule has 0 spiro atoms. The maximum absolute atomic E-state index is 12.9. The minimum atomic E-state index is -0.578. The number of halogens is 3. The summed E-state index contributed by atoms with van der Waals surface area (Å²) in [6.45, 7) is 2.08. The summed E-state index contributed by atoms with van der Waals surface area (Å²) in [5.74, 6) is 0.418. The lowest BCUT2D eigenvalue weighted by molar-refractivity contribution is -0.138. The third-order valence-corrected chi connectivity index (χ3v) is 6.39. The molecule has 1 N–H and O–H groups in total.